The van der Waals surface area contributed by atoms with Gasteiger partial charge < -0.3 is 15.0 Å². The SMILES string of the molecule is CCCCNC(=O)[C@@H](C)N(Cc1ccc(Cl)cc1)C(=O)COc1ccc(Cl)c(C)c1. The van der Waals surface area contributed by atoms with E-state index in [1.807, 2.05) is 19.1 Å². The summed E-state index contributed by atoms with van der Waals surface area (Å²) in [5, 5.41) is 4.14. The van der Waals surface area contributed by atoms with Gasteiger partial charge in [0.05, 0.1) is 0 Å². The van der Waals surface area contributed by atoms with E-state index in [9.17, 15) is 9.59 Å². The van der Waals surface area contributed by atoms with Gasteiger partial charge in [0, 0.05) is 23.1 Å². The second-order valence-corrected chi connectivity index (χ2v) is 8.01. The average Bonchev–Trinajstić information content (AvgIpc) is 2.73. The molecule has 0 unspecified atom stereocenters. The fraction of sp³-hybridized carbons (Fsp3) is 0.391. The molecule has 0 saturated heterocycles. The van der Waals surface area contributed by atoms with Gasteiger partial charge in [-0.15, -0.1) is 0 Å². The Labute approximate surface area is 188 Å². The van der Waals surface area contributed by atoms with Gasteiger partial charge >= 0.3 is 0 Å². The van der Waals surface area contributed by atoms with E-state index < -0.39 is 6.04 Å². The fourth-order valence-corrected chi connectivity index (χ4v) is 3.08. The Morgan fingerprint density at radius 1 is 1.13 bits per heavy atom. The summed E-state index contributed by atoms with van der Waals surface area (Å²) in [5.41, 5.74) is 1.74. The van der Waals surface area contributed by atoms with Crippen LogP contribution in [0.25, 0.3) is 0 Å². The molecule has 30 heavy (non-hydrogen) atoms. The molecular formula is C23H28Cl2N2O3. The second-order valence-electron chi connectivity index (χ2n) is 7.17. The minimum absolute atomic E-state index is 0.179. The first kappa shape index (κ1) is 24.0. The number of rotatable bonds is 10. The molecule has 0 radical (unpaired) electrons. The first-order valence-corrected chi connectivity index (χ1v) is 10.8. The second kappa shape index (κ2) is 11.8. The number of amides is 2. The van der Waals surface area contributed by atoms with E-state index >= 15 is 0 Å². The third-order valence-electron chi connectivity index (χ3n) is 4.75. The molecule has 0 aliphatic heterocycles. The molecule has 0 aromatic heterocycles. The molecule has 0 aliphatic carbocycles. The van der Waals surface area contributed by atoms with Crippen molar-refractivity contribution in [2.24, 2.45) is 0 Å². The Morgan fingerprint density at radius 2 is 1.83 bits per heavy atom. The summed E-state index contributed by atoms with van der Waals surface area (Å²) in [6.07, 6.45) is 1.87. The van der Waals surface area contributed by atoms with Crippen LogP contribution in [-0.2, 0) is 16.1 Å². The Balaban J connectivity index is 2.11. The van der Waals surface area contributed by atoms with Crippen molar-refractivity contribution in [3.63, 3.8) is 0 Å². The molecule has 1 N–H and O–H groups in total. The Bertz CT molecular complexity index is 856. The summed E-state index contributed by atoms with van der Waals surface area (Å²) in [6, 6.07) is 11.8. The average molecular weight is 451 g/mol. The third-order valence-corrected chi connectivity index (χ3v) is 5.43. The van der Waals surface area contributed by atoms with Gasteiger partial charge in [0.1, 0.15) is 11.8 Å². The number of hydrogen-bond acceptors (Lipinski definition) is 3. The standard InChI is InChI=1S/C23H28Cl2N2O3/c1-4-5-12-26-23(29)17(3)27(14-18-6-8-19(24)9-7-18)22(28)15-30-20-10-11-21(25)16(2)13-20/h6-11,13,17H,4-5,12,14-15H2,1-3H3,(H,26,29)/t17-/m1/s1. The van der Waals surface area contributed by atoms with Crippen LogP contribution in [0.3, 0.4) is 0 Å². The highest BCUT2D eigenvalue weighted by Gasteiger charge is 2.26. The van der Waals surface area contributed by atoms with Crippen LogP contribution in [0.4, 0.5) is 0 Å². The number of halogens is 2. The maximum absolute atomic E-state index is 13.0. The third kappa shape index (κ3) is 7.22. The van der Waals surface area contributed by atoms with Crippen LogP contribution in [-0.4, -0.2) is 35.9 Å². The van der Waals surface area contributed by atoms with Crippen LogP contribution in [0.1, 0.15) is 37.8 Å². The zero-order chi connectivity index (χ0) is 22.1. The molecule has 1 atom stereocenters. The zero-order valence-corrected chi connectivity index (χ0v) is 19.1. The minimum atomic E-state index is -0.638. The van der Waals surface area contributed by atoms with E-state index in [4.69, 9.17) is 27.9 Å². The summed E-state index contributed by atoms with van der Waals surface area (Å²) >= 11 is 12.0. The number of carbonyl (C=O) groups is 2. The van der Waals surface area contributed by atoms with Crippen molar-refractivity contribution in [1.29, 1.82) is 0 Å². The van der Waals surface area contributed by atoms with Crippen LogP contribution in [0.2, 0.25) is 10.0 Å². The molecule has 7 heteroatoms. The zero-order valence-electron chi connectivity index (χ0n) is 17.6. The number of nitrogens with one attached hydrogen (secondary N) is 1. The van der Waals surface area contributed by atoms with Crippen molar-refractivity contribution in [2.75, 3.05) is 13.2 Å². The van der Waals surface area contributed by atoms with Crippen molar-refractivity contribution >= 4 is 35.0 Å². The lowest BCUT2D eigenvalue weighted by molar-refractivity contribution is -0.142. The van der Waals surface area contributed by atoms with E-state index in [1.54, 1.807) is 37.3 Å². The van der Waals surface area contributed by atoms with E-state index in [-0.39, 0.29) is 25.0 Å². The first-order chi connectivity index (χ1) is 14.3. The summed E-state index contributed by atoms with van der Waals surface area (Å²) in [4.78, 5) is 27.1. The van der Waals surface area contributed by atoms with Crippen molar-refractivity contribution in [3.8, 4) is 5.75 Å². The summed E-state index contributed by atoms with van der Waals surface area (Å²) in [7, 11) is 0. The predicted molar refractivity (Wildman–Crippen MR) is 121 cm³/mol. The fourth-order valence-electron chi connectivity index (χ4n) is 2.84. The van der Waals surface area contributed by atoms with Crippen molar-refractivity contribution < 1.29 is 14.3 Å². The quantitative estimate of drug-likeness (QED) is 0.517. The number of aryl methyl sites for hydroxylation is 1. The van der Waals surface area contributed by atoms with Gasteiger partial charge in [0.2, 0.25) is 5.91 Å². The minimum Gasteiger partial charge on any atom is -0.484 e. The van der Waals surface area contributed by atoms with E-state index in [1.165, 1.54) is 4.90 Å². The van der Waals surface area contributed by atoms with Crippen LogP contribution in [0.5, 0.6) is 5.75 Å². The summed E-state index contributed by atoms with van der Waals surface area (Å²) < 4.78 is 5.67. The molecule has 0 spiro atoms. The number of benzene rings is 2. The molecule has 0 saturated carbocycles. The van der Waals surface area contributed by atoms with E-state index in [0.717, 1.165) is 24.0 Å². The molecule has 5 nitrogen and oxygen atoms in total. The number of nitrogens with zero attached hydrogens (tertiary/aromatic N) is 1. The van der Waals surface area contributed by atoms with Crippen LogP contribution in [0.15, 0.2) is 42.5 Å². The first-order valence-electron chi connectivity index (χ1n) is 10.0. The lowest BCUT2D eigenvalue weighted by atomic mass is 10.1. The monoisotopic (exact) mass is 450 g/mol. The van der Waals surface area contributed by atoms with Gasteiger partial charge in [-0.05, 0) is 61.7 Å². The molecule has 0 aliphatic rings. The normalized spacial score (nSPS) is 11.6. The highest BCUT2D eigenvalue weighted by Crippen LogP contribution is 2.21. The molecule has 2 rings (SSSR count). The largest absolute Gasteiger partial charge is 0.484 e. The molecule has 2 aromatic rings. The molecule has 162 valence electrons. The lowest BCUT2D eigenvalue weighted by Gasteiger charge is -2.28. The van der Waals surface area contributed by atoms with Gasteiger partial charge in [0.15, 0.2) is 6.61 Å². The van der Waals surface area contributed by atoms with Crippen LogP contribution >= 0.6 is 23.2 Å². The van der Waals surface area contributed by atoms with E-state index in [2.05, 4.69) is 12.2 Å². The van der Waals surface area contributed by atoms with Crippen molar-refractivity contribution in [2.45, 2.75) is 46.2 Å². The molecule has 2 aromatic carbocycles. The Hall–Kier alpha value is -2.24. The van der Waals surface area contributed by atoms with Crippen molar-refractivity contribution in [3.05, 3.63) is 63.6 Å². The van der Waals surface area contributed by atoms with Crippen molar-refractivity contribution in [1.82, 2.24) is 10.2 Å². The molecular weight excluding hydrogens is 423 g/mol. The number of unbranched alkanes of at least 4 members (excludes halogenated alkanes) is 1. The smallest absolute Gasteiger partial charge is 0.261 e. The van der Waals surface area contributed by atoms with Gasteiger partial charge in [-0.2, -0.15) is 0 Å². The maximum atomic E-state index is 13.0. The van der Waals surface area contributed by atoms with Crippen LogP contribution in [0, 0.1) is 6.92 Å². The number of hydrogen-bond donors (Lipinski definition) is 1. The molecule has 0 heterocycles. The molecule has 0 bridgehead atoms. The molecule has 2 amide bonds. The Morgan fingerprint density at radius 3 is 2.47 bits per heavy atom. The highest BCUT2D eigenvalue weighted by molar-refractivity contribution is 6.31. The Kier molecular flexibility index (Phi) is 9.47. The number of carbonyl (C=O) groups excluding carboxylic acids is 2. The summed E-state index contributed by atoms with van der Waals surface area (Å²) in [5.74, 6) is 0.0838. The van der Waals surface area contributed by atoms with Gasteiger partial charge in [-0.25, -0.2) is 0 Å². The summed E-state index contributed by atoms with van der Waals surface area (Å²) in [6.45, 7) is 6.34. The molecule has 0 fully saturated rings. The van der Waals surface area contributed by atoms with E-state index in [0.29, 0.717) is 22.3 Å². The number of ether oxygens (including phenoxy) is 1. The van der Waals surface area contributed by atoms with Gasteiger partial charge in [0.25, 0.3) is 5.91 Å². The lowest BCUT2D eigenvalue weighted by Crippen LogP contribution is -2.49. The topological polar surface area (TPSA) is 58.6 Å². The van der Waals surface area contributed by atoms with Gasteiger partial charge in [-0.1, -0.05) is 48.7 Å². The highest BCUT2D eigenvalue weighted by atomic mass is 35.5. The van der Waals surface area contributed by atoms with Gasteiger partial charge in [-0.3, -0.25) is 9.59 Å². The maximum Gasteiger partial charge on any atom is 0.261 e. The van der Waals surface area contributed by atoms with Crippen LogP contribution < -0.4 is 10.1 Å². The predicted octanol–water partition coefficient (Wildman–Crippen LogP) is 5.01.